The van der Waals surface area contributed by atoms with Crippen molar-refractivity contribution in [1.82, 2.24) is 5.43 Å². The largest absolute Gasteiger partial charge is 0.508 e. The third kappa shape index (κ3) is 5.62. The Bertz CT molecular complexity index is 737. The number of amides is 1. The van der Waals surface area contributed by atoms with E-state index in [4.69, 9.17) is 4.74 Å². The number of aromatic hydroxyl groups is 1. The molecule has 0 aliphatic rings. The van der Waals surface area contributed by atoms with Gasteiger partial charge in [0.2, 0.25) is 0 Å². The summed E-state index contributed by atoms with van der Waals surface area (Å²) in [7, 11) is 0. The van der Waals surface area contributed by atoms with Crippen LogP contribution in [-0.2, 0) is 4.79 Å². The van der Waals surface area contributed by atoms with Gasteiger partial charge in [0.25, 0.3) is 5.91 Å². The minimum Gasteiger partial charge on any atom is -0.508 e. The Labute approximate surface area is 154 Å². The fourth-order valence-electron chi connectivity index (χ4n) is 2.44. The first-order valence-electron chi connectivity index (χ1n) is 8.91. The normalized spacial score (nSPS) is 12.5. The Morgan fingerprint density at radius 2 is 1.77 bits per heavy atom. The van der Waals surface area contributed by atoms with E-state index < -0.39 is 0 Å². The fraction of sp³-hybridized carbons (Fsp3) is 0.333. The number of phenols is 1. The van der Waals surface area contributed by atoms with Crippen molar-refractivity contribution in [1.29, 1.82) is 0 Å². The van der Waals surface area contributed by atoms with Crippen molar-refractivity contribution in [3.8, 4) is 11.5 Å². The minimum absolute atomic E-state index is 0.0985. The van der Waals surface area contributed by atoms with Gasteiger partial charge < -0.3 is 9.84 Å². The second kappa shape index (κ2) is 9.61. The van der Waals surface area contributed by atoms with Crippen LogP contribution in [0.25, 0.3) is 0 Å². The highest BCUT2D eigenvalue weighted by Gasteiger charge is 2.06. The molecule has 138 valence electrons. The zero-order chi connectivity index (χ0) is 18.9. The Hall–Kier alpha value is -2.82. The predicted octanol–water partition coefficient (Wildman–Crippen LogP) is 4.22. The van der Waals surface area contributed by atoms with Crippen molar-refractivity contribution in [2.45, 2.75) is 39.5 Å². The summed E-state index contributed by atoms with van der Waals surface area (Å²) < 4.78 is 5.51. The van der Waals surface area contributed by atoms with Crippen LogP contribution in [0.1, 0.15) is 50.7 Å². The monoisotopic (exact) mass is 354 g/mol. The highest BCUT2D eigenvalue weighted by atomic mass is 16.5. The number of hydrazone groups is 1. The number of phenolic OH excluding ortho intramolecular Hbond substituents is 1. The van der Waals surface area contributed by atoms with Crippen LogP contribution in [0.2, 0.25) is 0 Å². The lowest BCUT2D eigenvalue weighted by Gasteiger charge is -2.10. The molecule has 0 aromatic heterocycles. The molecule has 0 bridgehead atoms. The number of carbonyl (C=O) groups is 1. The summed E-state index contributed by atoms with van der Waals surface area (Å²) >= 11 is 0. The molecule has 0 saturated heterocycles. The van der Waals surface area contributed by atoms with E-state index in [-0.39, 0.29) is 18.3 Å². The van der Waals surface area contributed by atoms with E-state index in [9.17, 15) is 9.90 Å². The lowest BCUT2D eigenvalue weighted by molar-refractivity contribution is -0.123. The van der Waals surface area contributed by atoms with Crippen molar-refractivity contribution in [2.24, 2.45) is 5.10 Å². The molecule has 0 radical (unpaired) electrons. The van der Waals surface area contributed by atoms with E-state index in [0.29, 0.717) is 18.1 Å². The topological polar surface area (TPSA) is 70.9 Å². The summed E-state index contributed by atoms with van der Waals surface area (Å²) in [5, 5.41) is 13.5. The van der Waals surface area contributed by atoms with E-state index in [1.807, 2.05) is 31.2 Å². The second-order valence-corrected chi connectivity index (χ2v) is 6.16. The van der Waals surface area contributed by atoms with Crippen LogP contribution in [0.4, 0.5) is 0 Å². The van der Waals surface area contributed by atoms with Gasteiger partial charge in [0, 0.05) is 0 Å². The van der Waals surface area contributed by atoms with Crippen LogP contribution < -0.4 is 10.2 Å². The summed E-state index contributed by atoms with van der Waals surface area (Å²) in [6, 6.07) is 14.5. The zero-order valence-electron chi connectivity index (χ0n) is 15.5. The third-order valence-corrected chi connectivity index (χ3v) is 4.28. The van der Waals surface area contributed by atoms with Gasteiger partial charge >= 0.3 is 0 Å². The summed E-state index contributed by atoms with van der Waals surface area (Å²) in [5.41, 5.74) is 5.36. The molecule has 26 heavy (non-hydrogen) atoms. The third-order valence-electron chi connectivity index (χ3n) is 4.28. The first-order chi connectivity index (χ1) is 12.5. The highest BCUT2D eigenvalue weighted by Crippen LogP contribution is 2.21. The molecule has 0 saturated carbocycles. The summed E-state index contributed by atoms with van der Waals surface area (Å²) in [5.74, 6) is 1.04. The molecule has 1 atom stereocenters. The molecule has 2 aromatic carbocycles. The molecule has 0 aliphatic heterocycles. The van der Waals surface area contributed by atoms with E-state index in [0.717, 1.165) is 17.7 Å². The highest BCUT2D eigenvalue weighted by molar-refractivity contribution is 6.01. The number of rotatable bonds is 8. The molecule has 1 unspecified atom stereocenters. The van der Waals surface area contributed by atoms with Crippen LogP contribution in [0.15, 0.2) is 53.6 Å². The summed E-state index contributed by atoms with van der Waals surface area (Å²) in [4.78, 5) is 12.0. The van der Waals surface area contributed by atoms with Crippen molar-refractivity contribution in [3.63, 3.8) is 0 Å². The number of benzene rings is 2. The smallest absolute Gasteiger partial charge is 0.277 e. The molecule has 2 N–H and O–H groups in total. The first kappa shape index (κ1) is 19.5. The molecule has 0 spiro atoms. The van der Waals surface area contributed by atoms with Crippen molar-refractivity contribution in [3.05, 3.63) is 59.7 Å². The van der Waals surface area contributed by atoms with Crippen molar-refractivity contribution in [2.75, 3.05) is 6.61 Å². The molecule has 1 amide bonds. The fourth-order valence-corrected chi connectivity index (χ4v) is 2.44. The lowest BCUT2D eigenvalue weighted by atomic mass is 9.99. The Morgan fingerprint density at radius 1 is 1.12 bits per heavy atom. The predicted molar refractivity (Wildman–Crippen MR) is 104 cm³/mol. The average Bonchev–Trinajstić information content (AvgIpc) is 2.68. The molecule has 2 rings (SSSR count). The molecule has 5 nitrogen and oxygen atoms in total. The van der Waals surface area contributed by atoms with Crippen LogP contribution in [-0.4, -0.2) is 23.3 Å². The number of ether oxygens (including phenoxy) is 1. The minimum atomic E-state index is -0.319. The van der Waals surface area contributed by atoms with Gasteiger partial charge in [0.05, 0.1) is 5.71 Å². The Balaban J connectivity index is 1.88. The average molecular weight is 354 g/mol. The van der Waals surface area contributed by atoms with Crippen LogP contribution >= 0.6 is 0 Å². The lowest BCUT2D eigenvalue weighted by Crippen LogP contribution is -2.26. The molecule has 0 fully saturated rings. The van der Waals surface area contributed by atoms with Crippen molar-refractivity contribution >= 4 is 11.6 Å². The van der Waals surface area contributed by atoms with E-state index in [1.165, 1.54) is 5.56 Å². The Morgan fingerprint density at radius 3 is 2.35 bits per heavy atom. The first-order valence-corrected chi connectivity index (χ1v) is 8.91. The van der Waals surface area contributed by atoms with Crippen molar-refractivity contribution < 1.29 is 14.6 Å². The van der Waals surface area contributed by atoms with Crippen LogP contribution in [0.5, 0.6) is 11.5 Å². The number of nitrogens with one attached hydrogen (secondary N) is 1. The van der Waals surface area contributed by atoms with E-state index in [2.05, 4.69) is 24.4 Å². The van der Waals surface area contributed by atoms with E-state index in [1.54, 1.807) is 24.3 Å². The SMILES string of the molecule is CC/C(=N\NC(=O)COc1ccc(C(C)CC)cc1)c1ccc(O)cc1. The van der Waals surface area contributed by atoms with Gasteiger partial charge in [0.15, 0.2) is 6.61 Å². The second-order valence-electron chi connectivity index (χ2n) is 6.16. The molecule has 2 aromatic rings. The van der Waals surface area contributed by atoms with Gasteiger partial charge in [0.1, 0.15) is 11.5 Å². The quantitative estimate of drug-likeness (QED) is 0.551. The molecular formula is C21H26N2O3. The van der Waals surface area contributed by atoms with E-state index >= 15 is 0 Å². The Kier molecular flexibility index (Phi) is 7.21. The number of carbonyl (C=O) groups excluding carboxylic acids is 1. The molecular weight excluding hydrogens is 328 g/mol. The van der Waals surface area contributed by atoms with Gasteiger partial charge in [-0.3, -0.25) is 4.79 Å². The molecule has 0 heterocycles. The summed E-state index contributed by atoms with van der Waals surface area (Å²) in [6.07, 6.45) is 1.74. The van der Waals surface area contributed by atoms with Crippen LogP contribution in [0.3, 0.4) is 0 Å². The standard InChI is InChI=1S/C21H26N2O3/c1-4-15(3)16-8-12-19(13-9-16)26-14-21(25)23-22-20(5-2)17-6-10-18(24)11-7-17/h6-13,15,24H,4-5,14H2,1-3H3,(H,23,25)/b22-20+. The number of hydrogen-bond acceptors (Lipinski definition) is 4. The number of hydrogen-bond donors (Lipinski definition) is 2. The maximum absolute atomic E-state index is 12.0. The summed E-state index contributed by atoms with van der Waals surface area (Å²) in [6.45, 7) is 6.19. The zero-order valence-corrected chi connectivity index (χ0v) is 15.5. The van der Waals surface area contributed by atoms with Crippen LogP contribution in [0, 0.1) is 0 Å². The number of nitrogens with zero attached hydrogens (tertiary/aromatic N) is 1. The van der Waals surface area contributed by atoms with Gasteiger partial charge in [-0.1, -0.05) is 32.9 Å². The van der Waals surface area contributed by atoms with Gasteiger partial charge in [-0.2, -0.15) is 5.10 Å². The van der Waals surface area contributed by atoms with Gasteiger partial charge in [-0.15, -0.1) is 0 Å². The maximum atomic E-state index is 12.0. The maximum Gasteiger partial charge on any atom is 0.277 e. The molecule has 0 aliphatic carbocycles. The van der Waals surface area contributed by atoms with Gasteiger partial charge in [-0.05, 0) is 66.3 Å². The van der Waals surface area contributed by atoms with Gasteiger partial charge in [-0.25, -0.2) is 5.43 Å². The molecule has 5 heteroatoms.